The van der Waals surface area contributed by atoms with Gasteiger partial charge >= 0.3 is 0 Å². The summed E-state index contributed by atoms with van der Waals surface area (Å²) in [7, 11) is -3.62. The number of carbonyl (C=O) groups is 2. The monoisotopic (exact) mass is 450 g/mol. The van der Waals surface area contributed by atoms with E-state index in [0.717, 1.165) is 0 Å². The molecule has 0 saturated carbocycles. The highest BCUT2D eigenvalue weighted by Crippen LogP contribution is 2.28. The van der Waals surface area contributed by atoms with E-state index in [1.165, 1.54) is 22.8 Å². The number of rotatable bonds is 6. The fraction of sp³-hybridized carbons (Fsp3) is 0.350. The zero-order chi connectivity index (χ0) is 21.7. The fourth-order valence-electron chi connectivity index (χ4n) is 3.19. The van der Waals surface area contributed by atoms with Gasteiger partial charge in [0.25, 0.3) is 0 Å². The van der Waals surface area contributed by atoms with E-state index in [2.05, 4.69) is 15.6 Å². The zero-order valence-corrected chi connectivity index (χ0v) is 18.0. The van der Waals surface area contributed by atoms with Crippen molar-refractivity contribution < 1.29 is 18.0 Å². The van der Waals surface area contributed by atoms with E-state index < -0.39 is 10.0 Å². The first kappa shape index (κ1) is 22.2. The van der Waals surface area contributed by atoms with Crippen molar-refractivity contribution >= 4 is 44.8 Å². The number of piperidine rings is 1. The first-order valence-electron chi connectivity index (χ1n) is 9.61. The average molecular weight is 451 g/mol. The topological polar surface area (TPSA) is 108 Å². The molecule has 1 aromatic heterocycles. The van der Waals surface area contributed by atoms with Crippen LogP contribution in [0, 0.1) is 5.92 Å². The Labute approximate surface area is 180 Å². The SMILES string of the molecule is CCC(=O)Nc1ccc(Cl)c(NC(=O)C2CCN(S(=O)(=O)c3cccnc3)CC2)c1. The summed E-state index contributed by atoms with van der Waals surface area (Å²) in [5.74, 6) is -0.707. The number of benzene rings is 1. The van der Waals surface area contributed by atoms with Gasteiger partial charge in [0, 0.05) is 43.5 Å². The molecular formula is C20H23ClN4O4S. The maximum absolute atomic E-state index is 12.7. The van der Waals surface area contributed by atoms with E-state index in [0.29, 0.717) is 35.7 Å². The van der Waals surface area contributed by atoms with Crippen LogP contribution in [0.3, 0.4) is 0 Å². The maximum atomic E-state index is 12.7. The van der Waals surface area contributed by atoms with Gasteiger partial charge in [-0.05, 0) is 43.2 Å². The second-order valence-corrected chi connectivity index (χ2v) is 9.30. The molecule has 1 aromatic carbocycles. The van der Waals surface area contributed by atoms with Crippen LogP contribution in [0.15, 0.2) is 47.6 Å². The molecule has 1 aliphatic heterocycles. The molecule has 0 spiro atoms. The highest BCUT2D eigenvalue weighted by molar-refractivity contribution is 7.89. The predicted molar refractivity (Wildman–Crippen MR) is 115 cm³/mol. The highest BCUT2D eigenvalue weighted by Gasteiger charge is 2.32. The fourth-order valence-corrected chi connectivity index (χ4v) is 4.79. The third kappa shape index (κ3) is 5.16. The number of carbonyl (C=O) groups excluding carboxylic acids is 2. The Morgan fingerprint density at radius 3 is 2.57 bits per heavy atom. The second-order valence-electron chi connectivity index (χ2n) is 6.95. The maximum Gasteiger partial charge on any atom is 0.244 e. The molecule has 30 heavy (non-hydrogen) atoms. The standard InChI is InChI=1S/C20H23ClN4O4S/c1-2-19(26)23-15-5-6-17(21)18(12-15)24-20(27)14-7-10-25(11-8-14)30(28,29)16-4-3-9-22-13-16/h3-6,9,12-14H,2,7-8,10-11H2,1H3,(H,23,26)(H,24,27). The number of pyridine rings is 1. The molecule has 2 aromatic rings. The summed E-state index contributed by atoms with van der Waals surface area (Å²) < 4.78 is 26.7. The van der Waals surface area contributed by atoms with Crippen LogP contribution >= 0.6 is 11.6 Å². The smallest absolute Gasteiger partial charge is 0.244 e. The van der Waals surface area contributed by atoms with E-state index in [1.54, 1.807) is 31.2 Å². The molecule has 2 amide bonds. The summed E-state index contributed by atoms with van der Waals surface area (Å²) in [6.07, 6.45) is 3.97. The average Bonchev–Trinajstić information content (AvgIpc) is 2.76. The van der Waals surface area contributed by atoms with Crippen LogP contribution in [0.4, 0.5) is 11.4 Å². The minimum Gasteiger partial charge on any atom is -0.326 e. The lowest BCUT2D eigenvalue weighted by atomic mass is 9.97. The molecular weight excluding hydrogens is 428 g/mol. The zero-order valence-electron chi connectivity index (χ0n) is 16.5. The van der Waals surface area contributed by atoms with Gasteiger partial charge in [0.05, 0.1) is 10.7 Å². The van der Waals surface area contributed by atoms with Gasteiger partial charge in [-0.2, -0.15) is 4.31 Å². The van der Waals surface area contributed by atoms with Crippen molar-refractivity contribution in [3.05, 3.63) is 47.7 Å². The molecule has 2 N–H and O–H groups in total. The van der Waals surface area contributed by atoms with Gasteiger partial charge in [-0.1, -0.05) is 18.5 Å². The molecule has 1 saturated heterocycles. The van der Waals surface area contributed by atoms with E-state index in [1.807, 2.05) is 0 Å². The molecule has 160 valence electrons. The predicted octanol–water partition coefficient (Wildman–Crippen LogP) is 3.12. The van der Waals surface area contributed by atoms with Crippen molar-refractivity contribution in [1.82, 2.24) is 9.29 Å². The van der Waals surface area contributed by atoms with Crippen LogP contribution in [0.1, 0.15) is 26.2 Å². The first-order chi connectivity index (χ1) is 14.3. The summed E-state index contributed by atoms with van der Waals surface area (Å²) in [5.41, 5.74) is 0.944. The van der Waals surface area contributed by atoms with Crippen LogP contribution in [-0.2, 0) is 19.6 Å². The van der Waals surface area contributed by atoms with E-state index in [9.17, 15) is 18.0 Å². The van der Waals surface area contributed by atoms with Gasteiger partial charge in [-0.15, -0.1) is 0 Å². The molecule has 1 aliphatic rings. The van der Waals surface area contributed by atoms with Crippen molar-refractivity contribution in [2.45, 2.75) is 31.1 Å². The summed E-state index contributed by atoms with van der Waals surface area (Å²) in [4.78, 5) is 28.3. The van der Waals surface area contributed by atoms with Crippen LogP contribution in [-0.4, -0.2) is 42.6 Å². The van der Waals surface area contributed by atoms with Crippen LogP contribution in [0.5, 0.6) is 0 Å². The second kappa shape index (κ2) is 9.55. The third-order valence-electron chi connectivity index (χ3n) is 4.93. The van der Waals surface area contributed by atoms with Crippen LogP contribution < -0.4 is 10.6 Å². The number of anilines is 2. The number of aromatic nitrogens is 1. The third-order valence-corrected chi connectivity index (χ3v) is 7.14. The molecule has 0 aliphatic carbocycles. The molecule has 2 heterocycles. The molecule has 3 rings (SSSR count). The minimum absolute atomic E-state index is 0.142. The number of sulfonamides is 1. The summed E-state index contributed by atoms with van der Waals surface area (Å²) >= 11 is 6.18. The lowest BCUT2D eigenvalue weighted by Gasteiger charge is -2.30. The number of nitrogens with one attached hydrogen (secondary N) is 2. The number of amides is 2. The Kier molecular flexibility index (Phi) is 7.06. The van der Waals surface area contributed by atoms with Gasteiger partial charge in [-0.3, -0.25) is 14.6 Å². The van der Waals surface area contributed by atoms with Crippen molar-refractivity contribution in [3.8, 4) is 0 Å². The Bertz CT molecular complexity index is 1020. The van der Waals surface area contributed by atoms with Crippen molar-refractivity contribution in [3.63, 3.8) is 0 Å². The first-order valence-corrected chi connectivity index (χ1v) is 11.4. The number of nitrogens with zero attached hydrogens (tertiary/aromatic N) is 2. The molecule has 10 heteroatoms. The van der Waals surface area contributed by atoms with E-state index in [4.69, 9.17) is 11.6 Å². The Hall–Kier alpha value is -2.49. The molecule has 0 unspecified atom stereocenters. The van der Waals surface area contributed by atoms with Gasteiger partial charge in [0.2, 0.25) is 21.8 Å². The van der Waals surface area contributed by atoms with E-state index in [-0.39, 0.29) is 35.7 Å². The minimum atomic E-state index is -3.62. The number of hydrogen-bond acceptors (Lipinski definition) is 5. The quantitative estimate of drug-likeness (QED) is 0.702. The summed E-state index contributed by atoms with van der Waals surface area (Å²) in [6.45, 7) is 2.24. The van der Waals surface area contributed by atoms with E-state index >= 15 is 0 Å². The van der Waals surface area contributed by atoms with Crippen molar-refractivity contribution in [1.29, 1.82) is 0 Å². The molecule has 0 radical (unpaired) electrons. The Morgan fingerprint density at radius 1 is 1.20 bits per heavy atom. The van der Waals surface area contributed by atoms with Gasteiger partial charge in [-0.25, -0.2) is 8.42 Å². The summed E-state index contributed by atoms with van der Waals surface area (Å²) in [6, 6.07) is 7.95. The largest absolute Gasteiger partial charge is 0.326 e. The number of hydrogen-bond donors (Lipinski definition) is 2. The van der Waals surface area contributed by atoms with Crippen LogP contribution in [0.25, 0.3) is 0 Å². The Morgan fingerprint density at radius 2 is 1.93 bits per heavy atom. The van der Waals surface area contributed by atoms with Gasteiger partial charge in [0.15, 0.2) is 0 Å². The normalized spacial score (nSPS) is 15.5. The lowest BCUT2D eigenvalue weighted by molar-refractivity contribution is -0.121. The number of halogens is 1. The summed E-state index contributed by atoms with van der Waals surface area (Å²) in [5, 5.41) is 5.88. The molecule has 0 atom stereocenters. The van der Waals surface area contributed by atoms with Gasteiger partial charge < -0.3 is 10.6 Å². The molecule has 1 fully saturated rings. The van der Waals surface area contributed by atoms with Gasteiger partial charge in [0.1, 0.15) is 4.90 Å². The van der Waals surface area contributed by atoms with Crippen LogP contribution in [0.2, 0.25) is 5.02 Å². The van der Waals surface area contributed by atoms with Crippen molar-refractivity contribution in [2.75, 3.05) is 23.7 Å². The highest BCUT2D eigenvalue weighted by atomic mass is 35.5. The molecule has 0 bridgehead atoms. The Balaban J connectivity index is 1.62. The molecule has 8 nitrogen and oxygen atoms in total. The van der Waals surface area contributed by atoms with Crippen molar-refractivity contribution in [2.24, 2.45) is 5.92 Å². The lowest BCUT2D eigenvalue weighted by Crippen LogP contribution is -2.41.